The average Bonchev–Trinajstić information content (AvgIpc) is 2.26. The second kappa shape index (κ2) is 6.32. The molecule has 108 valence electrons. The van der Waals surface area contributed by atoms with Crippen molar-refractivity contribution in [1.82, 2.24) is 4.90 Å². The molecule has 0 saturated carbocycles. The third kappa shape index (κ3) is 4.78. The zero-order chi connectivity index (χ0) is 14.6. The highest BCUT2D eigenvalue weighted by molar-refractivity contribution is 8.01. The van der Waals surface area contributed by atoms with Crippen molar-refractivity contribution in [2.75, 3.05) is 12.8 Å². The van der Waals surface area contributed by atoms with E-state index >= 15 is 0 Å². The highest BCUT2D eigenvalue weighted by Crippen LogP contribution is 2.29. The summed E-state index contributed by atoms with van der Waals surface area (Å²) in [6.45, 7) is 5.82. The Hall–Kier alpha value is -1.17. The Kier molecular flexibility index (Phi) is 5.29. The van der Waals surface area contributed by atoms with Gasteiger partial charge < -0.3 is 9.84 Å². The molecule has 1 rings (SSSR count). The van der Waals surface area contributed by atoms with Gasteiger partial charge in [0.15, 0.2) is 0 Å². The Morgan fingerprint density at radius 1 is 1.47 bits per heavy atom. The number of allylic oxidation sites excluding steroid dienone is 1. The minimum atomic E-state index is -0.809. The fraction of sp³-hybridized carbons (Fsp3) is 0.692. The molecule has 1 heterocycles. The third-order valence-corrected chi connectivity index (χ3v) is 3.23. The topological polar surface area (TPSA) is 66.8 Å². The number of amides is 1. The molecule has 0 bridgehead atoms. The minimum Gasteiger partial charge on any atom is -0.481 e. The van der Waals surface area contributed by atoms with Crippen LogP contribution in [0, 0.1) is 5.92 Å². The first-order valence-electron chi connectivity index (χ1n) is 6.19. The van der Waals surface area contributed by atoms with Crippen LogP contribution in [0.25, 0.3) is 0 Å². The monoisotopic (exact) mass is 287 g/mol. The number of likely N-dealkylation sites (tertiary alicyclic amines) is 1. The van der Waals surface area contributed by atoms with Crippen LogP contribution < -0.4 is 0 Å². The summed E-state index contributed by atoms with van der Waals surface area (Å²) in [4.78, 5) is 24.7. The molecule has 0 aromatic heterocycles. The van der Waals surface area contributed by atoms with Crippen LogP contribution in [-0.4, -0.2) is 40.5 Å². The van der Waals surface area contributed by atoms with Gasteiger partial charge in [-0.15, -0.1) is 11.8 Å². The van der Waals surface area contributed by atoms with Crippen LogP contribution in [0.5, 0.6) is 0 Å². The van der Waals surface area contributed by atoms with Gasteiger partial charge in [0.05, 0.1) is 5.92 Å². The molecule has 0 radical (unpaired) electrons. The van der Waals surface area contributed by atoms with E-state index in [4.69, 9.17) is 9.84 Å². The molecule has 1 aliphatic heterocycles. The number of nitrogens with zero attached hydrogens (tertiary/aromatic N) is 1. The summed E-state index contributed by atoms with van der Waals surface area (Å²) in [5.41, 5.74) is 0.172. The third-order valence-electron chi connectivity index (χ3n) is 2.72. The Balaban J connectivity index is 2.80. The van der Waals surface area contributed by atoms with Crippen LogP contribution >= 0.6 is 11.8 Å². The SMILES string of the molecule is CSC=C1CC(C(=O)O)CCN1C(=O)OC(C)(C)C. The number of ether oxygens (including phenoxy) is 1. The second-order valence-electron chi connectivity index (χ2n) is 5.50. The number of carbonyl (C=O) groups is 2. The molecule has 1 saturated heterocycles. The van der Waals surface area contributed by atoms with E-state index < -0.39 is 23.6 Å². The summed E-state index contributed by atoms with van der Waals surface area (Å²) in [5, 5.41) is 10.9. The number of hydrogen-bond donors (Lipinski definition) is 1. The maximum atomic E-state index is 12.1. The number of aliphatic carboxylic acids is 1. The van der Waals surface area contributed by atoms with Crippen molar-refractivity contribution in [3.8, 4) is 0 Å². The smallest absolute Gasteiger partial charge is 0.414 e. The van der Waals surface area contributed by atoms with E-state index in [0.717, 1.165) is 5.70 Å². The maximum absolute atomic E-state index is 12.1. The highest BCUT2D eigenvalue weighted by atomic mass is 32.2. The molecule has 0 aromatic carbocycles. The summed E-state index contributed by atoms with van der Waals surface area (Å²) < 4.78 is 5.34. The van der Waals surface area contributed by atoms with Gasteiger partial charge in [0.2, 0.25) is 0 Å². The molecule has 1 N–H and O–H groups in total. The van der Waals surface area contributed by atoms with Crippen molar-refractivity contribution in [3.05, 3.63) is 11.1 Å². The van der Waals surface area contributed by atoms with E-state index in [0.29, 0.717) is 19.4 Å². The number of rotatable bonds is 2. The van der Waals surface area contributed by atoms with Crippen molar-refractivity contribution in [1.29, 1.82) is 0 Å². The second-order valence-corrected chi connectivity index (χ2v) is 6.21. The first-order valence-corrected chi connectivity index (χ1v) is 7.48. The predicted octanol–water partition coefficient (Wildman–Crippen LogP) is 2.92. The van der Waals surface area contributed by atoms with E-state index in [1.54, 1.807) is 4.90 Å². The van der Waals surface area contributed by atoms with Crippen molar-refractivity contribution in [3.63, 3.8) is 0 Å². The number of carboxylic acid groups (broad SMARTS) is 1. The van der Waals surface area contributed by atoms with Crippen molar-refractivity contribution >= 4 is 23.8 Å². The molecule has 5 nitrogen and oxygen atoms in total. The lowest BCUT2D eigenvalue weighted by atomic mass is 9.95. The molecule has 1 fully saturated rings. The molecule has 19 heavy (non-hydrogen) atoms. The first kappa shape index (κ1) is 15.9. The Bertz CT molecular complexity index is 387. The van der Waals surface area contributed by atoms with Gasteiger partial charge in [-0.2, -0.15) is 0 Å². The first-order chi connectivity index (χ1) is 8.74. The zero-order valence-corrected chi connectivity index (χ0v) is 12.6. The number of piperidine rings is 1. The molecular formula is C13H21NO4S. The van der Waals surface area contributed by atoms with Crippen molar-refractivity contribution in [2.45, 2.75) is 39.2 Å². The van der Waals surface area contributed by atoms with Crippen LogP contribution in [0.4, 0.5) is 4.79 Å². The van der Waals surface area contributed by atoms with E-state index in [9.17, 15) is 9.59 Å². The summed E-state index contributed by atoms with van der Waals surface area (Å²) in [6, 6.07) is 0. The summed E-state index contributed by atoms with van der Waals surface area (Å²) in [6.07, 6.45) is 2.30. The fourth-order valence-corrected chi connectivity index (χ4v) is 2.37. The zero-order valence-electron chi connectivity index (χ0n) is 11.8. The summed E-state index contributed by atoms with van der Waals surface area (Å²) in [5.74, 6) is -1.23. The molecular weight excluding hydrogens is 266 g/mol. The average molecular weight is 287 g/mol. The van der Waals surface area contributed by atoms with E-state index in [-0.39, 0.29) is 0 Å². The van der Waals surface area contributed by atoms with Crippen LogP contribution in [0.15, 0.2) is 11.1 Å². The van der Waals surface area contributed by atoms with Crippen molar-refractivity contribution in [2.24, 2.45) is 5.92 Å². The van der Waals surface area contributed by atoms with Crippen LogP contribution in [0.3, 0.4) is 0 Å². The Morgan fingerprint density at radius 2 is 2.11 bits per heavy atom. The van der Waals surface area contributed by atoms with Gasteiger partial charge in [-0.05, 0) is 38.9 Å². The van der Waals surface area contributed by atoms with Gasteiger partial charge in [-0.3, -0.25) is 9.69 Å². The largest absolute Gasteiger partial charge is 0.481 e. The lowest BCUT2D eigenvalue weighted by Gasteiger charge is -2.34. The Labute approximate surface area is 118 Å². The molecule has 0 aliphatic carbocycles. The lowest BCUT2D eigenvalue weighted by molar-refractivity contribution is -0.142. The van der Waals surface area contributed by atoms with Gasteiger partial charge in [-0.1, -0.05) is 0 Å². The van der Waals surface area contributed by atoms with Gasteiger partial charge in [0, 0.05) is 18.7 Å². The quantitative estimate of drug-likeness (QED) is 0.845. The summed E-state index contributed by atoms with van der Waals surface area (Å²) >= 11 is 1.46. The van der Waals surface area contributed by atoms with Crippen LogP contribution in [-0.2, 0) is 9.53 Å². The maximum Gasteiger partial charge on any atom is 0.414 e. The van der Waals surface area contributed by atoms with Gasteiger partial charge in [0.25, 0.3) is 0 Å². The van der Waals surface area contributed by atoms with E-state index in [2.05, 4.69) is 0 Å². The van der Waals surface area contributed by atoms with Crippen LogP contribution in [0.2, 0.25) is 0 Å². The molecule has 1 unspecified atom stereocenters. The predicted molar refractivity (Wildman–Crippen MR) is 74.9 cm³/mol. The van der Waals surface area contributed by atoms with Crippen LogP contribution in [0.1, 0.15) is 33.6 Å². The molecule has 1 amide bonds. The van der Waals surface area contributed by atoms with Gasteiger partial charge in [-0.25, -0.2) is 4.79 Å². The molecule has 6 heteroatoms. The molecule has 0 spiro atoms. The fourth-order valence-electron chi connectivity index (χ4n) is 1.88. The standard InChI is InChI=1S/C13H21NO4S/c1-13(2,3)18-12(17)14-6-5-9(11(15)16)7-10(14)8-19-4/h8-9H,5-7H2,1-4H3,(H,15,16). The van der Waals surface area contributed by atoms with E-state index in [1.807, 2.05) is 32.4 Å². The normalized spacial score (nSPS) is 22.4. The number of carboxylic acids is 1. The Morgan fingerprint density at radius 3 is 2.58 bits per heavy atom. The van der Waals surface area contributed by atoms with E-state index in [1.165, 1.54) is 11.8 Å². The van der Waals surface area contributed by atoms with Gasteiger partial charge >= 0.3 is 12.1 Å². The summed E-state index contributed by atoms with van der Waals surface area (Å²) in [7, 11) is 0. The van der Waals surface area contributed by atoms with Gasteiger partial charge in [0.1, 0.15) is 5.60 Å². The molecule has 1 aliphatic rings. The number of carbonyl (C=O) groups excluding carboxylic acids is 1. The number of thioether (sulfide) groups is 1. The minimum absolute atomic E-state index is 0.370. The molecule has 1 atom stereocenters. The number of hydrogen-bond acceptors (Lipinski definition) is 4. The highest BCUT2D eigenvalue weighted by Gasteiger charge is 2.33. The molecule has 0 aromatic rings. The lowest BCUT2D eigenvalue weighted by Crippen LogP contribution is -2.41. The van der Waals surface area contributed by atoms with Crippen molar-refractivity contribution < 1.29 is 19.4 Å².